The Kier molecular flexibility index (Phi) is 8.21. The summed E-state index contributed by atoms with van der Waals surface area (Å²) in [6.07, 6.45) is 9.99. The molecule has 0 unspecified atom stereocenters. The Morgan fingerprint density at radius 1 is 0.875 bits per heavy atom. The highest BCUT2D eigenvalue weighted by Gasteiger charge is 2.40. The number of amides is 1. The highest BCUT2D eigenvalue weighted by Crippen LogP contribution is 2.40. The van der Waals surface area contributed by atoms with Gasteiger partial charge in [-0.3, -0.25) is 9.69 Å². The fourth-order valence-corrected chi connectivity index (χ4v) is 4.77. The van der Waals surface area contributed by atoms with Crippen molar-refractivity contribution in [2.75, 3.05) is 24.4 Å². The summed E-state index contributed by atoms with van der Waals surface area (Å²) in [6, 6.07) is 0.0295. The van der Waals surface area contributed by atoms with E-state index in [0.717, 1.165) is 57.8 Å². The first-order valence-corrected chi connectivity index (χ1v) is 11.8. The molecule has 32 heavy (non-hydrogen) atoms. The van der Waals surface area contributed by atoms with Crippen LogP contribution in [0.15, 0.2) is 4.42 Å². The van der Waals surface area contributed by atoms with Crippen molar-refractivity contribution in [3.05, 3.63) is 11.1 Å². The third-order valence-electron chi connectivity index (χ3n) is 6.50. The lowest BCUT2D eigenvalue weighted by atomic mass is 9.93. The minimum absolute atomic E-state index is 0.00251. The summed E-state index contributed by atoms with van der Waals surface area (Å²) in [5, 5.41) is 3.32. The van der Waals surface area contributed by atoms with Crippen LogP contribution in [0.1, 0.15) is 98.8 Å². The summed E-state index contributed by atoms with van der Waals surface area (Å²) in [7, 11) is 2.52. The Morgan fingerprint density at radius 2 is 1.41 bits per heavy atom. The summed E-state index contributed by atoms with van der Waals surface area (Å²) in [5.41, 5.74) is -0.0467. The van der Waals surface area contributed by atoms with Crippen LogP contribution < -0.4 is 10.2 Å². The third-order valence-corrected chi connectivity index (χ3v) is 6.50. The van der Waals surface area contributed by atoms with Crippen molar-refractivity contribution in [3.63, 3.8) is 0 Å². The lowest BCUT2D eigenvalue weighted by molar-refractivity contribution is -0.122. The van der Waals surface area contributed by atoms with E-state index in [1.54, 1.807) is 4.90 Å². The fraction of sp³-hybridized carbons (Fsp3) is 0.708. The highest BCUT2D eigenvalue weighted by molar-refractivity contribution is 6.12. The number of nitrogens with one attached hydrogen (secondary N) is 1. The van der Waals surface area contributed by atoms with Gasteiger partial charge in [-0.25, -0.2) is 9.59 Å². The molecule has 1 aromatic rings. The SMILES string of the molecule is COC(=O)c1c(NC2CCCCC2)oc(N(C(=O)C(C)C)C2CCCCC2)c1C(=O)OC. The molecule has 8 heteroatoms. The van der Waals surface area contributed by atoms with E-state index >= 15 is 0 Å². The molecule has 2 aliphatic carbocycles. The Labute approximate surface area is 190 Å². The van der Waals surface area contributed by atoms with Gasteiger partial charge in [0.1, 0.15) is 11.1 Å². The van der Waals surface area contributed by atoms with Gasteiger partial charge < -0.3 is 19.2 Å². The molecule has 8 nitrogen and oxygen atoms in total. The largest absolute Gasteiger partial charge is 0.465 e. The number of esters is 2. The molecule has 0 atom stereocenters. The molecule has 2 aliphatic rings. The average Bonchev–Trinajstić information content (AvgIpc) is 3.17. The van der Waals surface area contributed by atoms with Gasteiger partial charge >= 0.3 is 11.9 Å². The first-order valence-electron chi connectivity index (χ1n) is 11.8. The molecule has 1 N–H and O–H groups in total. The number of nitrogens with zero attached hydrogens (tertiary/aromatic N) is 1. The number of hydrogen-bond donors (Lipinski definition) is 1. The number of methoxy groups -OCH3 is 2. The van der Waals surface area contributed by atoms with Gasteiger partial charge in [-0.05, 0) is 25.7 Å². The molecule has 0 radical (unpaired) electrons. The van der Waals surface area contributed by atoms with Gasteiger partial charge in [0.25, 0.3) is 0 Å². The molecule has 2 fully saturated rings. The molecule has 2 saturated carbocycles. The molecule has 0 bridgehead atoms. The Balaban J connectivity index is 2.15. The number of carbonyl (C=O) groups is 3. The number of ether oxygens (including phenoxy) is 2. The zero-order chi connectivity index (χ0) is 23.3. The van der Waals surface area contributed by atoms with Crippen molar-refractivity contribution in [1.82, 2.24) is 0 Å². The van der Waals surface area contributed by atoms with E-state index in [2.05, 4.69) is 5.32 Å². The van der Waals surface area contributed by atoms with Gasteiger partial charge in [-0.1, -0.05) is 52.4 Å². The molecule has 178 valence electrons. The van der Waals surface area contributed by atoms with E-state index in [1.165, 1.54) is 20.6 Å². The molecule has 1 amide bonds. The second kappa shape index (κ2) is 10.9. The first kappa shape index (κ1) is 24.1. The van der Waals surface area contributed by atoms with Crippen molar-refractivity contribution >= 4 is 29.6 Å². The van der Waals surface area contributed by atoms with Crippen LogP contribution in [0.5, 0.6) is 0 Å². The lowest BCUT2D eigenvalue weighted by Crippen LogP contribution is -2.44. The summed E-state index contributed by atoms with van der Waals surface area (Å²) < 4.78 is 16.2. The van der Waals surface area contributed by atoms with E-state index in [1.807, 2.05) is 13.8 Å². The van der Waals surface area contributed by atoms with E-state index in [0.29, 0.717) is 0 Å². The summed E-state index contributed by atoms with van der Waals surface area (Å²) >= 11 is 0. The normalized spacial score (nSPS) is 17.8. The summed E-state index contributed by atoms with van der Waals surface area (Å²) in [6.45, 7) is 3.64. The molecule has 0 aromatic carbocycles. The van der Waals surface area contributed by atoms with Crippen molar-refractivity contribution in [3.8, 4) is 0 Å². The maximum absolute atomic E-state index is 13.3. The maximum Gasteiger partial charge on any atom is 0.344 e. The topological polar surface area (TPSA) is 98.1 Å². The standard InChI is InChI=1S/C24H36N2O6/c1-15(2)21(27)26(17-13-9-6-10-14-17)22-19(24(29)31-4)18(23(28)30-3)20(32-22)25-16-11-7-5-8-12-16/h15-17,25H,5-14H2,1-4H3. The van der Waals surface area contributed by atoms with Crippen LogP contribution in [0.4, 0.5) is 11.8 Å². The minimum Gasteiger partial charge on any atom is -0.465 e. The number of hydrogen-bond acceptors (Lipinski definition) is 7. The number of rotatable bonds is 7. The molecule has 0 aliphatic heterocycles. The zero-order valence-corrected chi connectivity index (χ0v) is 19.7. The molecular weight excluding hydrogens is 412 g/mol. The van der Waals surface area contributed by atoms with Gasteiger partial charge in [-0.15, -0.1) is 0 Å². The molecule has 1 aromatic heterocycles. The fourth-order valence-electron chi connectivity index (χ4n) is 4.77. The second-order valence-corrected chi connectivity index (χ2v) is 9.10. The Morgan fingerprint density at radius 3 is 1.94 bits per heavy atom. The van der Waals surface area contributed by atoms with Crippen LogP contribution in [-0.4, -0.2) is 44.1 Å². The van der Waals surface area contributed by atoms with Crippen LogP contribution >= 0.6 is 0 Å². The van der Waals surface area contributed by atoms with Crippen molar-refractivity contribution in [2.24, 2.45) is 5.92 Å². The van der Waals surface area contributed by atoms with Crippen molar-refractivity contribution in [2.45, 2.75) is 90.1 Å². The smallest absolute Gasteiger partial charge is 0.344 e. The van der Waals surface area contributed by atoms with Crippen molar-refractivity contribution in [1.29, 1.82) is 0 Å². The van der Waals surface area contributed by atoms with Crippen LogP contribution in [0.2, 0.25) is 0 Å². The average molecular weight is 449 g/mol. The predicted octanol–water partition coefficient (Wildman–Crippen LogP) is 4.92. The third kappa shape index (κ3) is 5.10. The lowest BCUT2D eigenvalue weighted by Gasteiger charge is -2.34. The first-order chi connectivity index (χ1) is 15.4. The van der Waals surface area contributed by atoms with Gasteiger partial charge in [-0.2, -0.15) is 0 Å². The number of furan rings is 1. The van der Waals surface area contributed by atoms with Gasteiger partial charge in [0, 0.05) is 18.0 Å². The van der Waals surface area contributed by atoms with Crippen LogP contribution in [0.3, 0.4) is 0 Å². The van der Waals surface area contributed by atoms with Crippen molar-refractivity contribution < 1.29 is 28.3 Å². The van der Waals surface area contributed by atoms with Gasteiger partial charge in [0.15, 0.2) is 0 Å². The quantitative estimate of drug-likeness (QED) is 0.591. The highest BCUT2D eigenvalue weighted by atomic mass is 16.5. The summed E-state index contributed by atoms with van der Waals surface area (Å²) in [5.74, 6) is -1.60. The predicted molar refractivity (Wildman–Crippen MR) is 121 cm³/mol. The van der Waals surface area contributed by atoms with E-state index in [-0.39, 0.29) is 46.8 Å². The maximum atomic E-state index is 13.3. The van der Waals surface area contributed by atoms with Crippen LogP contribution in [0.25, 0.3) is 0 Å². The molecule has 1 heterocycles. The van der Waals surface area contributed by atoms with Crippen LogP contribution in [0, 0.1) is 5.92 Å². The molecule has 3 rings (SSSR count). The number of carbonyl (C=O) groups excluding carboxylic acids is 3. The van der Waals surface area contributed by atoms with Gasteiger partial charge in [0.05, 0.1) is 14.2 Å². The zero-order valence-electron chi connectivity index (χ0n) is 19.7. The Bertz CT molecular complexity index is 819. The van der Waals surface area contributed by atoms with Gasteiger partial charge in [0.2, 0.25) is 17.7 Å². The van der Waals surface area contributed by atoms with E-state index in [9.17, 15) is 14.4 Å². The van der Waals surface area contributed by atoms with E-state index in [4.69, 9.17) is 13.9 Å². The summed E-state index contributed by atoms with van der Waals surface area (Å²) in [4.78, 5) is 40.6. The molecular formula is C24H36N2O6. The van der Waals surface area contributed by atoms with E-state index < -0.39 is 11.9 Å². The Hall–Kier alpha value is -2.51. The monoisotopic (exact) mass is 448 g/mol. The number of anilines is 2. The second-order valence-electron chi connectivity index (χ2n) is 9.10. The minimum atomic E-state index is -0.724. The molecule has 0 saturated heterocycles. The van der Waals surface area contributed by atoms with Crippen LogP contribution in [-0.2, 0) is 14.3 Å². The molecule has 0 spiro atoms.